The third kappa shape index (κ3) is 10.9. The summed E-state index contributed by atoms with van der Waals surface area (Å²) in [7, 11) is 0. The Morgan fingerprint density at radius 2 is 1.89 bits per heavy atom. The smallest absolute Gasteiger partial charge is 0.305 e. The van der Waals surface area contributed by atoms with Gasteiger partial charge in [0.1, 0.15) is 0 Å². The van der Waals surface area contributed by atoms with Crippen molar-refractivity contribution >= 4 is 5.97 Å². The van der Waals surface area contributed by atoms with Crippen molar-refractivity contribution in [2.45, 2.75) is 82.8 Å². The number of rotatable bonds is 16. The van der Waals surface area contributed by atoms with Crippen LogP contribution in [-0.2, 0) is 16.0 Å². The van der Waals surface area contributed by atoms with Gasteiger partial charge in [0.05, 0.1) is 18.8 Å². The van der Waals surface area contributed by atoms with Crippen molar-refractivity contribution in [3.63, 3.8) is 0 Å². The zero-order chi connectivity index (χ0) is 26.2. The highest BCUT2D eigenvalue weighted by molar-refractivity contribution is 5.69. The van der Waals surface area contributed by atoms with E-state index in [4.69, 9.17) is 17.6 Å². The fourth-order valence-corrected chi connectivity index (χ4v) is 4.92. The Morgan fingerprint density at radius 3 is 2.58 bits per heavy atom. The number of benzene rings is 1. The van der Waals surface area contributed by atoms with Crippen LogP contribution in [0, 0.1) is 42.4 Å². The molecule has 0 spiro atoms. The Kier molecular flexibility index (Phi) is 13.7. The molecule has 0 aromatic heterocycles. The summed E-state index contributed by atoms with van der Waals surface area (Å²) in [5, 5.41) is 21.0. The van der Waals surface area contributed by atoms with E-state index in [9.17, 15) is 15.0 Å². The third-order valence-corrected chi connectivity index (χ3v) is 7.05. The highest BCUT2D eigenvalue weighted by Gasteiger charge is 2.36. The Balaban J connectivity index is 1.67. The van der Waals surface area contributed by atoms with Gasteiger partial charge in [-0.1, -0.05) is 54.6 Å². The molecule has 0 heterocycles. The normalized spacial score (nSPS) is 20.4. The van der Waals surface area contributed by atoms with Gasteiger partial charge in [0.15, 0.2) is 0 Å². The summed E-state index contributed by atoms with van der Waals surface area (Å²) in [6.45, 7) is 4.47. The van der Waals surface area contributed by atoms with Crippen molar-refractivity contribution in [2.75, 3.05) is 6.61 Å². The van der Waals surface area contributed by atoms with E-state index in [2.05, 4.69) is 42.7 Å². The fourth-order valence-electron chi connectivity index (χ4n) is 4.92. The molecule has 4 heteroatoms. The molecular weight excluding hydrogens is 448 g/mol. The van der Waals surface area contributed by atoms with Crippen LogP contribution in [0.2, 0.25) is 0 Å². The standard InChI is InChI=1S/C32H42O4/c1-4-13-27(14-5-2)24-36-32(35)18-12-7-6-11-17-30-29(25(3)23-31(30)34)22-21-28(33)20-19-26-15-9-8-10-16-26/h1-2,6,8-11,15-16,27-31,33-34H,3,7,12-14,17-24H2/b11-6-/t28-,29-,30+,31-/m0/s1. The Hall–Kier alpha value is -2.79. The quantitative estimate of drug-likeness (QED) is 0.136. The van der Waals surface area contributed by atoms with E-state index in [0.717, 1.165) is 44.1 Å². The predicted molar refractivity (Wildman–Crippen MR) is 146 cm³/mol. The summed E-state index contributed by atoms with van der Waals surface area (Å²) < 4.78 is 5.31. The van der Waals surface area contributed by atoms with Crippen molar-refractivity contribution in [3.05, 3.63) is 60.2 Å². The SMILES string of the molecule is C#CCC(CC#C)COC(=O)CCC/C=C\C[C@H]1[C@@H](O)CC(=C)[C@@H]1CC[C@@H](O)CCc1ccccc1. The van der Waals surface area contributed by atoms with Crippen LogP contribution in [0.15, 0.2) is 54.6 Å². The van der Waals surface area contributed by atoms with Crippen molar-refractivity contribution in [1.82, 2.24) is 0 Å². The van der Waals surface area contributed by atoms with Crippen molar-refractivity contribution in [1.29, 1.82) is 0 Å². The first-order chi connectivity index (χ1) is 17.4. The molecule has 2 rings (SSSR count). The molecule has 1 aromatic rings. The highest BCUT2D eigenvalue weighted by Crippen LogP contribution is 2.41. The molecule has 0 aliphatic heterocycles. The minimum Gasteiger partial charge on any atom is -0.465 e. The Morgan fingerprint density at radius 1 is 1.17 bits per heavy atom. The molecule has 0 saturated heterocycles. The lowest BCUT2D eigenvalue weighted by atomic mass is 9.85. The van der Waals surface area contributed by atoms with E-state index in [1.165, 1.54) is 5.56 Å². The van der Waals surface area contributed by atoms with Gasteiger partial charge in [-0.25, -0.2) is 0 Å². The summed E-state index contributed by atoms with van der Waals surface area (Å²) >= 11 is 0. The first-order valence-electron chi connectivity index (χ1n) is 13.2. The van der Waals surface area contributed by atoms with Gasteiger partial charge in [0.2, 0.25) is 0 Å². The van der Waals surface area contributed by atoms with Crippen LogP contribution in [0.5, 0.6) is 0 Å². The lowest BCUT2D eigenvalue weighted by Gasteiger charge is -2.22. The molecule has 1 aliphatic carbocycles. The minimum atomic E-state index is -0.387. The first kappa shape index (κ1) is 29.4. The number of carbonyl (C=O) groups is 1. The lowest BCUT2D eigenvalue weighted by Crippen LogP contribution is -2.20. The maximum atomic E-state index is 12.0. The van der Waals surface area contributed by atoms with E-state index in [1.807, 2.05) is 18.2 Å². The van der Waals surface area contributed by atoms with Gasteiger partial charge in [-0.3, -0.25) is 4.79 Å². The minimum absolute atomic E-state index is 0.0226. The average molecular weight is 491 g/mol. The number of ether oxygens (including phenoxy) is 1. The number of carbonyl (C=O) groups excluding carboxylic acids is 1. The van der Waals surface area contributed by atoms with Gasteiger partial charge in [-0.15, -0.1) is 24.7 Å². The number of esters is 1. The zero-order valence-electron chi connectivity index (χ0n) is 21.5. The van der Waals surface area contributed by atoms with Crippen LogP contribution in [0.3, 0.4) is 0 Å². The van der Waals surface area contributed by atoms with Crippen LogP contribution < -0.4 is 0 Å². The molecule has 0 radical (unpaired) electrons. The van der Waals surface area contributed by atoms with Gasteiger partial charge in [-0.05, 0) is 68.8 Å². The molecular formula is C32H42O4. The number of aryl methyl sites for hydroxylation is 1. The maximum absolute atomic E-state index is 12.0. The van der Waals surface area contributed by atoms with E-state index in [1.54, 1.807) is 0 Å². The number of terminal acetylenes is 2. The summed E-state index contributed by atoms with van der Waals surface area (Å²) in [6, 6.07) is 10.2. The molecule has 0 unspecified atom stereocenters. The topological polar surface area (TPSA) is 66.8 Å². The summed E-state index contributed by atoms with van der Waals surface area (Å²) in [4.78, 5) is 12.0. The van der Waals surface area contributed by atoms with E-state index in [-0.39, 0.29) is 42.5 Å². The van der Waals surface area contributed by atoms with Crippen LogP contribution in [0.1, 0.15) is 69.8 Å². The first-order valence-corrected chi connectivity index (χ1v) is 13.2. The van der Waals surface area contributed by atoms with Gasteiger partial charge >= 0.3 is 5.97 Å². The highest BCUT2D eigenvalue weighted by atomic mass is 16.5. The van der Waals surface area contributed by atoms with Crippen molar-refractivity contribution < 1.29 is 19.7 Å². The molecule has 0 bridgehead atoms. The molecule has 4 nitrogen and oxygen atoms in total. The number of allylic oxidation sites excluding steroid dienone is 2. The summed E-state index contributed by atoms with van der Waals surface area (Å²) in [5.74, 6) is 5.29. The van der Waals surface area contributed by atoms with E-state index >= 15 is 0 Å². The molecule has 1 fully saturated rings. The van der Waals surface area contributed by atoms with E-state index in [0.29, 0.717) is 32.1 Å². The molecule has 194 valence electrons. The van der Waals surface area contributed by atoms with Crippen LogP contribution in [0.4, 0.5) is 0 Å². The van der Waals surface area contributed by atoms with Crippen LogP contribution in [0.25, 0.3) is 0 Å². The summed E-state index contributed by atoms with van der Waals surface area (Å²) in [5.41, 5.74) is 2.33. The zero-order valence-corrected chi connectivity index (χ0v) is 21.5. The second-order valence-electron chi connectivity index (χ2n) is 9.92. The van der Waals surface area contributed by atoms with Crippen molar-refractivity contribution in [2.24, 2.45) is 17.8 Å². The monoisotopic (exact) mass is 490 g/mol. The molecule has 1 aromatic carbocycles. The number of hydrogen-bond donors (Lipinski definition) is 2. The van der Waals surface area contributed by atoms with Gasteiger partial charge in [0.25, 0.3) is 0 Å². The second kappa shape index (κ2) is 16.8. The van der Waals surface area contributed by atoms with Gasteiger partial charge in [0, 0.05) is 25.2 Å². The fraction of sp³-hybridized carbons (Fsp3) is 0.531. The third-order valence-electron chi connectivity index (χ3n) is 7.05. The van der Waals surface area contributed by atoms with Crippen molar-refractivity contribution in [3.8, 4) is 24.7 Å². The van der Waals surface area contributed by atoms with Crippen LogP contribution in [-0.4, -0.2) is 35.0 Å². The molecule has 0 amide bonds. The predicted octanol–water partition coefficient (Wildman–Crippen LogP) is 5.64. The Labute approximate surface area is 217 Å². The number of aliphatic hydroxyl groups is 2. The molecule has 1 aliphatic rings. The largest absolute Gasteiger partial charge is 0.465 e. The number of unbranched alkanes of at least 4 members (excludes halogenated alkanes) is 1. The van der Waals surface area contributed by atoms with Gasteiger partial charge in [-0.2, -0.15) is 0 Å². The van der Waals surface area contributed by atoms with Gasteiger partial charge < -0.3 is 14.9 Å². The summed E-state index contributed by atoms with van der Waals surface area (Å²) in [6.07, 6.45) is 21.5. The second-order valence-corrected chi connectivity index (χ2v) is 9.92. The molecule has 4 atom stereocenters. The molecule has 1 saturated carbocycles. The lowest BCUT2D eigenvalue weighted by molar-refractivity contribution is -0.145. The molecule has 36 heavy (non-hydrogen) atoms. The maximum Gasteiger partial charge on any atom is 0.305 e. The Bertz CT molecular complexity index is 888. The number of aliphatic hydroxyl groups excluding tert-OH is 2. The average Bonchev–Trinajstić information content (AvgIpc) is 3.14. The number of hydrogen-bond acceptors (Lipinski definition) is 4. The molecule has 2 N–H and O–H groups in total. The van der Waals surface area contributed by atoms with Crippen LogP contribution >= 0.6 is 0 Å². The van der Waals surface area contributed by atoms with E-state index < -0.39 is 0 Å².